The molecule has 0 fully saturated rings. The van der Waals surface area contributed by atoms with Crippen molar-refractivity contribution in [2.45, 2.75) is 91.9 Å². The van der Waals surface area contributed by atoms with Crippen molar-refractivity contribution in [3.63, 3.8) is 0 Å². The molecule has 0 aromatic heterocycles. The lowest BCUT2D eigenvalue weighted by molar-refractivity contribution is 0.493. The van der Waals surface area contributed by atoms with Gasteiger partial charge in [0.05, 0.1) is 0 Å². The minimum absolute atomic E-state index is 0.629. The number of rotatable bonds is 17. The molecule has 4 atom stereocenters. The van der Waals surface area contributed by atoms with E-state index in [1.54, 1.807) is 0 Å². The maximum absolute atomic E-state index is 12.2. The van der Waals surface area contributed by atoms with Crippen molar-refractivity contribution in [3.05, 3.63) is 0 Å². The van der Waals surface area contributed by atoms with Crippen molar-refractivity contribution in [1.29, 1.82) is 0 Å². The van der Waals surface area contributed by atoms with Crippen LogP contribution in [0.1, 0.15) is 91.9 Å². The van der Waals surface area contributed by atoms with E-state index in [4.69, 9.17) is 0 Å². The van der Waals surface area contributed by atoms with Gasteiger partial charge in [0.25, 0.3) is 0 Å². The van der Waals surface area contributed by atoms with Gasteiger partial charge in [0, 0.05) is 44.6 Å². The Morgan fingerprint density at radius 1 is 0.625 bits per heavy atom. The first-order valence-electron chi connectivity index (χ1n) is 10.3. The summed E-state index contributed by atoms with van der Waals surface area (Å²) >= 11 is 0. The van der Waals surface area contributed by atoms with E-state index in [9.17, 15) is 8.42 Å². The molecule has 0 aliphatic heterocycles. The van der Waals surface area contributed by atoms with Crippen LogP contribution in [0, 0.1) is 11.8 Å². The zero-order valence-electron chi connectivity index (χ0n) is 16.7. The number of hydrogen-bond acceptors (Lipinski definition) is 2. The molecule has 0 heterocycles. The Morgan fingerprint density at radius 3 is 1.29 bits per heavy atom. The van der Waals surface area contributed by atoms with Crippen molar-refractivity contribution >= 4 is 21.6 Å². The van der Waals surface area contributed by atoms with Crippen LogP contribution in [0.25, 0.3) is 0 Å². The van der Waals surface area contributed by atoms with Gasteiger partial charge in [-0.25, -0.2) is 0 Å². The molecule has 0 aromatic carbocycles. The lowest BCUT2D eigenvalue weighted by Gasteiger charge is -2.14. The summed E-state index contributed by atoms with van der Waals surface area (Å²) in [5.41, 5.74) is 0. The second kappa shape index (κ2) is 16.8. The maximum atomic E-state index is 12.2. The van der Waals surface area contributed by atoms with E-state index >= 15 is 0 Å². The molecular weight excluding hydrogens is 336 g/mol. The van der Waals surface area contributed by atoms with E-state index in [0.717, 1.165) is 48.7 Å². The van der Waals surface area contributed by atoms with Crippen LogP contribution in [0.15, 0.2) is 0 Å². The summed E-state index contributed by atoms with van der Waals surface area (Å²) in [4.78, 5) is 0. The van der Waals surface area contributed by atoms with Gasteiger partial charge in [-0.05, 0) is 37.5 Å². The van der Waals surface area contributed by atoms with Crippen LogP contribution in [0.2, 0.25) is 0 Å². The third-order valence-electron chi connectivity index (χ3n) is 4.92. The third-order valence-corrected chi connectivity index (χ3v) is 8.10. The normalized spacial score (nSPS) is 16.7. The number of hydrogen-bond donors (Lipinski definition) is 0. The monoisotopic (exact) mass is 378 g/mol. The zero-order chi connectivity index (χ0) is 18.2. The van der Waals surface area contributed by atoms with Gasteiger partial charge in [-0.15, -0.1) is 0 Å². The highest BCUT2D eigenvalue weighted by molar-refractivity contribution is 7.85. The van der Waals surface area contributed by atoms with Gasteiger partial charge in [0.2, 0.25) is 0 Å². The third kappa shape index (κ3) is 13.6. The van der Waals surface area contributed by atoms with Crippen LogP contribution in [-0.4, -0.2) is 31.4 Å². The maximum Gasteiger partial charge on any atom is 0.0263 e. The largest absolute Gasteiger partial charge is 0.260 e. The molecule has 0 aliphatic rings. The molecule has 0 bridgehead atoms. The molecule has 0 radical (unpaired) electrons. The summed E-state index contributed by atoms with van der Waals surface area (Å²) in [5, 5.41) is 0. The minimum Gasteiger partial charge on any atom is -0.260 e. The quantitative estimate of drug-likeness (QED) is 0.304. The van der Waals surface area contributed by atoms with Crippen molar-refractivity contribution in [2.24, 2.45) is 11.8 Å². The van der Waals surface area contributed by atoms with Crippen molar-refractivity contribution in [2.75, 3.05) is 23.0 Å². The predicted molar refractivity (Wildman–Crippen MR) is 112 cm³/mol. The molecule has 0 spiro atoms. The van der Waals surface area contributed by atoms with Gasteiger partial charge in [0.1, 0.15) is 0 Å². The second-order valence-electron chi connectivity index (χ2n) is 7.16. The minimum atomic E-state index is -0.684. The van der Waals surface area contributed by atoms with E-state index in [1.807, 2.05) is 0 Å². The Kier molecular flexibility index (Phi) is 17.0. The average Bonchev–Trinajstić information content (AvgIpc) is 2.58. The van der Waals surface area contributed by atoms with E-state index in [0.29, 0.717) is 11.8 Å². The summed E-state index contributed by atoms with van der Waals surface area (Å²) in [6.07, 6.45) is 11.6. The SMILES string of the molecule is CCCCC(CC)CS(=O)CCCCS(=O)CC(CC)CCCC. The molecule has 2 nitrogen and oxygen atoms in total. The van der Waals surface area contributed by atoms with Gasteiger partial charge in [0.15, 0.2) is 0 Å². The second-order valence-corrected chi connectivity index (χ2v) is 10.4. The number of unbranched alkanes of at least 4 members (excludes halogenated alkanes) is 3. The summed E-state index contributed by atoms with van der Waals surface area (Å²) < 4.78 is 24.4. The molecule has 0 saturated carbocycles. The summed E-state index contributed by atoms with van der Waals surface area (Å²) in [7, 11) is -1.37. The van der Waals surface area contributed by atoms with Crippen molar-refractivity contribution < 1.29 is 8.42 Å². The molecule has 0 saturated heterocycles. The van der Waals surface area contributed by atoms with Crippen LogP contribution in [0.4, 0.5) is 0 Å². The molecule has 4 heteroatoms. The van der Waals surface area contributed by atoms with Crippen molar-refractivity contribution in [3.8, 4) is 0 Å². The van der Waals surface area contributed by atoms with Crippen LogP contribution in [0.3, 0.4) is 0 Å². The van der Waals surface area contributed by atoms with E-state index < -0.39 is 21.6 Å². The fourth-order valence-corrected chi connectivity index (χ4v) is 6.26. The highest BCUT2D eigenvalue weighted by atomic mass is 32.2. The van der Waals surface area contributed by atoms with Gasteiger partial charge in [-0.2, -0.15) is 0 Å². The molecule has 24 heavy (non-hydrogen) atoms. The van der Waals surface area contributed by atoms with Crippen LogP contribution in [0.5, 0.6) is 0 Å². The first kappa shape index (κ1) is 24.3. The summed E-state index contributed by atoms with van der Waals surface area (Å²) in [5.74, 6) is 4.59. The van der Waals surface area contributed by atoms with Crippen LogP contribution >= 0.6 is 0 Å². The Balaban J connectivity index is 3.82. The molecule has 4 unspecified atom stereocenters. The summed E-state index contributed by atoms with van der Waals surface area (Å²) in [6.45, 7) is 8.86. The fraction of sp³-hybridized carbons (Fsp3) is 1.00. The molecule has 0 amide bonds. The van der Waals surface area contributed by atoms with Crippen LogP contribution in [-0.2, 0) is 21.6 Å². The predicted octanol–water partition coefficient (Wildman–Crippen LogP) is 5.70. The van der Waals surface area contributed by atoms with E-state index in [-0.39, 0.29) is 0 Å². The van der Waals surface area contributed by atoms with E-state index in [1.165, 1.54) is 38.5 Å². The Morgan fingerprint density at radius 2 is 1.00 bits per heavy atom. The molecule has 0 N–H and O–H groups in total. The fourth-order valence-electron chi connectivity index (χ4n) is 3.01. The van der Waals surface area contributed by atoms with Gasteiger partial charge >= 0.3 is 0 Å². The molecular formula is C20H42O2S2. The highest BCUT2D eigenvalue weighted by Crippen LogP contribution is 2.16. The smallest absolute Gasteiger partial charge is 0.0263 e. The van der Waals surface area contributed by atoms with Gasteiger partial charge in [-0.3, -0.25) is 8.42 Å². The topological polar surface area (TPSA) is 34.1 Å². The van der Waals surface area contributed by atoms with Crippen LogP contribution < -0.4 is 0 Å². The van der Waals surface area contributed by atoms with Crippen molar-refractivity contribution in [1.82, 2.24) is 0 Å². The Bertz CT molecular complexity index is 300. The molecule has 0 aliphatic carbocycles. The Hall–Kier alpha value is 0.300. The van der Waals surface area contributed by atoms with Gasteiger partial charge < -0.3 is 0 Å². The highest BCUT2D eigenvalue weighted by Gasteiger charge is 2.12. The standard InChI is InChI=1S/C20H42O2S2/c1-5-9-13-19(7-3)17-23(21)15-11-12-16-24(22)18-20(8-4)14-10-6-2/h19-20H,5-18H2,1-4H3. The van der Waals surface area contributed by atoms with E-state index in [2.05, 4.69) is 27.7 Å². The lowest BCUT2D eigenvalue weighted by Crippen LogP contribution is -2.15. The zero-order valence-corrected chi connectivity index (χ0v) is 18.3. The summed E-state index contributed by atoms with van der Waals surface area (Å²) in [6, 6.07) is 0. The Labute approximate surface area is 156 Å². The average molecular weight is 379 g/mol. The van der Waals surface area contributed by atoms with Gasteiger partial charge in [-0.1, -0.05) is 66.2 Å². The lowest BCUT2D eigenvalue weighted by atomic mass is 10.0. The molecule has 0 rings (SSSR count). The first-order chi connectivity index (χ1) is 11.6. The first-order valence-corrected chi connectivity index (χ1v) is 13.2. The molecule has 0 aromatic rings. The molecule has 146 valence electrons.